The van der Waals surface area contributed by atoms with Gasteiger partial charge in [-0.05, 0) is 30.6 Å². The lowest BCUT2D eigenvalue weighted by Gasteiger charge is -2.16. The van der Waals surface area contributed by atoms with Gasteiger partial charge in [0.05, 0.1) is 30.4 Å². The van der Waals surface area contributed by atoms with Crippen molar-refractivity contribution in [2.45, 2.75) is 18.9 Å². The van der Waals surface area contributed by atoms with Crippen molar-refractivity contribution in [1.82, 2.24) is 10.3 Å². The Labute approximate surface area is 145 Å². The molecule has 0 aliphatic carbocycles. The molecule has 128 valence electrons. The summed E-state index contributed by atoms with van der Waals surface area (Å²) in [6, 6.07) is 8.58. The van der Waals surface area contributed by atoms with Crippen LogP contribution in [0.4, 0.5) is 5.69 Å². The van der Waals surface area contributed by atoms with E-state index in [1.807, 2.05) is 24.5 Å². The lowest BCUT2D eigenvalue weighted by molar-refractivity contribution is -0.145. The fraction of sp³-hybridized carbons (Fsp3) is 0.353. The standard InChI is InChI=1S/C17H21N3O3S/c1-23-17(22)14(8-9-24-2)20-15(21)10-12-7-6-11-4-3-5-13(18)16(11)19-12/h3-7,14H,8-10,18H2,1-2H3,(H,20,21). The molecule has 1 unspecified atom stereocenters. The number of fused-ring (bicyclic) bond motifs is 1. The normalized spacial score (nSPS) is 11.9. The first-order valence-corrected chi connectivity index (χ1v) is 8.94. The van der Waals surface area contributed by atoms with E-state index in [0.717, 1.165) is 11.1 Å². The Bertz CT molecular complexity index is 736. The second-order valence-corrected chi connectivity index (χ2v) is 6.31. The average Bonchev–Trinajstić information content (AvgIpc) is 2.58. The topological polar surface area (TPSA) is 94.3 Å². The molecule has 0 radical (unpaired) electrons. The molecule has 2 rings (SSSR count). The smallest absolute Gasteiger partial charge is 0.328 e. The maximum absolute atomic E-state index is 12.2. The molecule has 0 bridgehead atoms. The molecule has 1 atom stereocenters. The third kappa shape index (κ3) is 4.61. The highest BCUT2D eigenvalue weighted by Crippen LogP contribution is 2.19. The van der Waals surface area contributed by atoms with Crippen molar-refractivity contribution in [3.63, 3.8) is 0 Å². The predicted octanol–water partition coefficient (Wildman–Crippen LogP) is 1.77. The molecule has 6 nitrogen and oxygen atoms in total. The summed E-state index contributed by atoms with van der Waals surface area (Å²) in [5.74, 6) is 0.0473. The molecule has 24 heavy (non-hydrogen) atoms. The second-order valence-electron chi connectivity index (χ2n) is 5.32. The van der Waals surface area contributed by atoms with Crippen molar-refractivity contribution in [3.05, 3.63) is 36.0 Å². The van der Waals surface area contributed by atoms with Gasteiger partial charge >= 0.3 is 5.97 Å². The van der Waals surface area contributed by atoms with Crippen LogP contribution < -0.4 is 11.1 Å². The van der Waals surface area contributed by atoms with Crippen molar-refractivity contribution in [2.75, 3.05) is 24.9 Å². The van der Waals surface area contributed by atoms with Gasteiger partial charge in [0.1, 0.15) is 6.04 Å². The Morgan fingerprint density at radius 2 is 2.12 bits per heavy atom. The third-order valence-electron chi connectivity index (χ3n) is 3.58. The van der Waals surface area contributed by atoms with Gasteiger partial charge in [0.15, 0.2) is 0 Å². The molecule has 1 heterocycles. The average molecular weight is 347 g/mol. The molecule has 0 aliphatic heterocycles. The van der Waals surface area contributed by atoms with Crippen LogP contribution in [0, 0.1) is 0 Å². The summed E-state index contributed by atoms with van der Waals surface area (Å²) in [6.07, 6.45) is 2.55. The number of amides is 1. The first-order chi connectivity index (χ1) is 11.5. The predicted molar refractivity (Wildman–Crippen MR) is 96.8 cm³/mol. The minimum atomic E-state index is -0.638. The van der Waals surface area contributed by atoms with Gasteiger partial charge in [-0.25, -0.2) is 4.79 Å². The maximum atomic E-state index is 12.2. The molecular weight excluding hydrogens is 326 g/mol. The number of anilines is 1. The number of nitrogens with one attached hydrogen (secondary N) is 1. The van der Waals surface area contributed by atoms with E-state index >= 15 is 0 Å². The molecule has 7 heteroatoms. The van der Waals surface area contributed by atoms with Crippen LogP contribution in [0.3, 0.4) is 0 Å². The van der Waals surface area contributed by atoms with E-state index < -0.39 is 12.0 Å². The lowest BCUT2D eigenvalue weighted by Crippen LogP contribution is -2.42. The fourth-order valence-corrected chi connectivity index (χ4v) is 2.82. The number of thioether (sulfide) groups is 1. The Balaban J connectivity index is 2.07. The minimum Gasteiger partial charge on any atom is -0.467 e. The number of rotatable bonds is 7. The monoisotopic (exact) mass is 347 g/mol. The number of pyridine rings is 1. The maximum Gasteiger partial charge on any atom is 0.328 e. The van der Waals surface area contributed by atoms with Crippen LogP contribution in [0.5, 0.6) is 0 Å². The second kappa shape index (κ2) is 8.54. The van der Waals surface area contributed by atoms with Crippen molar-refractivity contribution in [3.8, 4) is 0 Å². The highest BCUT2D eigenvalue weighted by Gasteiger charge is 2.21. The van der Waals surface area contributed by atoms with E-state index in [-0.39, 0.29) is 12.3 Å². The number of aromatic nitrogens is 1. The molecule has 0 saturated carbocycles. The van der Waals surface area contributed by atoms with Crippen molar-refractivity contribution < 1.29 is 14.3 Å². The van der Waals surface area contributed by atoms with Gasteiger partial charge < -0.3 is 15.8 Å². The van der Waals surface area contributed by atoms with Gasteiger partial charge in [-0.3, -0.25) is 9.78 Å². The number of carbonyl (C=O) groups is 2. The zero-order valence-corrected chi connectivity index (χ0v) is 14.6. The lowest BCUT2D eigenvalue weighted by atomic mass is 10.1. The number of esters is 1. The first kappa shape index (κ1) is 18.1. The van der Waals surface area contributed by atoms with Crippen molar-refractivity contribution >= 4 is 40.2 Å². The SMILES string of the molecule is COC(=O)C(CCSC)NC(=O)Cc1ccc2cccc(N)c2n1. The summed E-state index contributed by atoms with van der Waals surface area (Å²) < 4.78 is 4.74. The molecule has 0 fully saturated rings. The Kier molecular flexibility index (Phi) is 6.43. The van der Waals surface area contributed by atoms with E-state index in [0.29, 0.717) is 23.3 Å². The van der Waals surface area contributed by atoms with Crippen LogP contribution in [0.25, 0.3) is 10.9 Å². The molecule has 1 aromatic heterocycles. The minimum absolute atomic E-state index is 0.0804. The third-order valence-corrected chi connectivity index (χ3v) is 4.23. The largest absolute Gasteiger partial charge is 0.467 e. The number of carbonyl (C=O) groups excluding carboxylic acids is 2. The number of hydrogen-bond donors (Lipinski definition) is 2. The summed E-state index contributed by atoms with van der Waals surface area (Å²) >= 11 is 1.61. The Hall–Kier alpha value is -2.28. The molecule has 0 saturated heterocycles. The van der Waals surface area contributed by atoms with Crippen LogP contribution in [0.2, 0.25) is 0 Å². The van der Waals surface area contributed by atoms with Crippen LogP contribution in [0.1, 0.15) is 12.1 Å². The summed E-state index contributed by atoms with van der Waals surface area (Å²) in [4.78, 5) is 28.4. The molecule has 0 aliphatic rings. The number of ether oxygens (including phenoxy) is 1. The summed E-state index contributed by atoms with van der Waals surface area (Å²) in [7, 11) is 1.31. The highest BCUT2D eigenvalue weighted by molar-refractivity contribution is 7.98. The van der Waals surface area contributed by atoms with E-state index in [2.05, 4.69) is 10.3 Å². The number of benzene rings is 1. The number of para-hydroxylation sites is 1. The van der Waals surface area contributed by atoms with Gasteiger partial charge in [0.25, 0.3) is 0 Å². The van der Waals surface area contributed by atoms with Gasteiger partial charge in [0.2, 0.25) is 5.91 Å². The van der Waals surface area contributed by atoms with Crippen LogP contribution >= 0.6 is 11.8 Å². The van der Waals surface area contributed by atoms with Crippen LogP contribution in [-0.2, 0) is 20.7 Å². The number of methoxy groups -OCH3 is 1. The van der Waals surface area contributed by atoms with Crippen LogP contribution in [-0.4, -0.2) is 42.0 Å². The van der Waals surface area contributed by atoms with Gasteiger partial charge in [-0.2, -0.15) is 11.8 Å². The van der Waals surface area contributed by atoms with Gasteiger partial charge in [0, 0.05) is 5.39 Å². The Morgan fingerprint density at radius 1 is 1.33 bits per heavy atom. The van der Waals surface area contributed by atoms with Gasteiger partial charge in [-0.15, -0.1) is 0 Å². The fourth-order valence-electron chi connectivity index (χ4n) is 2.35. The molecule has 2 aromatic rings. The Morgan fingerprint density at radius 3 is 2.83 bits per heavy atom. The van der Waals surface area contributed by atoms with E-state index in [9.17, 15) is 9.59 Å². The van der Waals surface area contributed by atoms with E-state index in [4.69, 9.17) is 10.5 Å². The first-order valence-electron chi connectivity index (χ1n) is 7.55. The zero-order chi connectivity index (χ0) is 17.5. The van der Waals surface area contributed by atoms with Crippen molar-refractivity contribution in [1.29, 1.82) is 0 Å². The van der Waals surface area contributed by atoms with Crippen molar-refractivity contribution in [2.24, 2.45) is 0 Å². The van der Waals surface area contributed by atoms with E-state index in [1.165, 1.54) is 7.11 Å². The number of nitrogens with two attached hydrogens (primary N) is 1. The zero-order valence-electron chi connectivity index (χ0n) is 13.7. The summed E-state index contributed by atoms with van der Waals surface area (Å²) in [5, 5.41) is 3.64. The molecule has 1 amide bonds. The number of nitrogen functional groups attached to an aromatic ring is 1. The molecular formula is C17H21N3O3S. The quantitative estimate of drug-likeness (QED) is 0.585. The molecule has 3 N–H and O–H groups in total. The van der Waals surface area contributed by atoms with E-state index in [1.54, 1.807) is 23.9 Å². The summed E-state index contributed by atoms with van der Waals surface area (Å²) in [5.41, 5.74) is 7.77. The highest BCUT2D eigenvalue weighted by atomic mass is 32.2. The van der Waals surface area contributed by atoms with Crippen LogP contribution in [0.15, 0.2) is 30.3 Å². The van der Waals surface area contributed by atoms with Gasteiger partial charge in [-0.1, -0.05) is 18.2 Å². The number of nitrogens with zero attached hydrogens (tertiary/aromatic N) is 1. The summed E-state index contributed by atoms with van der Waals surface area (Å²) in [6.45, 7) is 0. The molecule has 0 spiro atoms. The molecule has 1 aromatic carbocycles. The number of hydrogen-bond acceptors (Lipinski definition) is 6.